The SMILES string of the molecule is CC(c1cc(Cl)ccc1Cl)N1CCC(NC(N)=O)CC1. The van der Waals surface area contributed by atoms with Gasteiger partial charge in [0.05, 0.1) is 0 Å². The molecule has 3 N–H and O–H groups in total. The fraction of sp³-hybridized carbons (Fsp3) is 0.500. The molecule has 0 aromatic heterocycles. The number of piperidine rings is 1. The fourth-order valence-electron chi connectivity index (χ4n) is 2.66. The standard InChI is InChI=1S/C14H19Cl2N3O/c1-9(12-8-10(15)2-3-13(12)16)19-6-4-11(5-7-19)18-14(17)20/h2-3,8-9,11H,4-7H2,1H3,(H3,17,18,20). The first-order valence-electron chi connectivity index (χ1n) is 6.72. The average Bonchev–Trinajstić information content (AvgIpc) is 2.41. The van der Waals surface area contributed by atoms with Crippen molar-refractivity contribution in [2.45, 2.75) is 31.8 Å². The Labute approximate surface area is 129 Å². The molecule has 1 unspecified atom stereocenters. The zero-order valence-corrected chi connectivity index (χ0v) is 12.9. The molecule has 1 heterocycles. The molecule has 0 spiro atoms. The minimum absolute atomic E-state index is 0.172. The zero-order chi connectivity index (χ0) is 14.7. The smallest absolute Gasteiger partial charge is 0.312 e. The highest BCUT2D eigenvalue weighted by molar-refractivity contribution is 6.33. The molecule has 2 rings (SSSR count). The Bertz CT molecular complexity index is 487. The number of primary amides is 1. The van der Waals surface area contributed by atoms with Gasteiger partial charge in [-0.1, -0.05) is 23.2 Å². The van der Waals surface area contributed by atoms with Crippen LogP contribution in [0.2, 0.25) is 10.0 Å². The summed E-state index contributed by atoms with van der Waals surface area (Å²) in [6, 6.07) is 5.47. The summed E-state index contributed by atoms with van der Waals surface area (Å²) in [4.78, 5) is 13.2. The van der Waals surface area contributed by atoms with Crippen LogP contribution in [0.1, 0.15) is 31.4 Å². The van der Waals surface area contributed by atoms with Gasteiger partial charge in [0.25, 0.3) is 0 Å². The molecule has 110 valence electrons. The molecule has 6 heteroatoms. The van der Waals surface area contributed by atoms with Crippen molar-refractivity contribution in [2.75, 3.05) is 13.1 Å². The van der Waals surface area contributed by atoms with E-state index in [-0.39, 0.29) is 12.1 Å². The van der Waals surface area contributed by atoms with E-state index in [1.54, 1.807) is 6.07 Å². The first kappa shape index (κ1) is 15.4. The van der Waals surface area contributed by atoms with Crippen molar-refractivity contribution in [1.29, 1.82) is 0 Å². The topological polar surface area (TPSA) is 58.4 Å². The van der Waals surface area contributed by atoms with Crippen LogP contribution < -0.4 is 11.1 Å². The summed E-state index contributed by atoms with van der Waals surface area (Å²) in [6.45, 7) is 3.92. The number of nitrogens with two attached hydrogens (primary N) is 1. The Morgan fingerprint density at radius 3 is 2.65 bits per heavy atom. The average molecular weight is 316 g/mol. The third kappa shape index (κ3) is 3.78. The summed E-state index contributed by atoms with van der Waals surface area (Å²) in [5.74, 6) is 0. The number of rotatable bonds is 3. The maximum atomic E-state index is 10.9. The number of nitrogens with one attached hydrogen (secondary N) is 1. The van der Waals surface area contributed by atoms with Crippen molar-refractivity contribution in [3.8, 4) is 0 Å². The lowest BCUT2D eigenvalue weighted by atomic mass is 10.0. The van der Waals surface area contributed by atoms with Gasteiger partial charge in [-0.25, -0.2) is 4.79 Å². The lowest BCUT2D eigenvalue weighted by Crippen LogP contribution is -2.46. The fourth-order valence-corrected chi connectivity index (χ4v) is 3.12. The van der Waals surface area contributed by atoms with Gasteiger partial charge in [-0.05, 0) is 43.5 Å². The summed E-state index contributed by atoms with van der Waals surface area (Å²) in [6.07, 6.45) is 1.79. The Hall–Kier alpha value is -0.970. The van der Waals surface area contributed by atoms with E-state index in [1.807, 2.05) is 12.1 Å². The first-order valence-corrected chi connectivity index (χ1v) is 7.48. The highest BCUT2D eigenvalue weighted by atomic mass is 35.5. The Kier molecular flexibility index (Phi) is 5.13. The molecule has 4 nitrogen and oxygen atoms in total. The van der Waals surface area contributed by atoms with Gasteiger partial charge in [0.2, 0.25) is 0 Å². The van der Waals surface area contributed by atoms with E-state index in [2.05, 4.69) is 17.1 Å². The van der Waals surface area contributed by atoms with Crippen LogP contribution in [0.5, 0.6) is 0 Å². The van der Waals surface area contributed by atoms with Gasteiger partial charge < -0.3 is 11.1 Å². The zero-order valence-electron chi connectivity index (χ0n) is 11.4. The lowest BCUT2D eigenvalue weighted by Gasteiger charge is -2.36. The second-order valence-corrected chi connectivity index (χ2v) is 6.00. The van der Waals surface area contributed by atoms with Gasteiger partial charge in [0.15, 0.2) is 0 Å². The normalized spacial score (nSPS) is 18.8. The van der Waals surface area contributed by atoms with E-state index in [4.69, 9.17) is 28.9 Å². The van der Waals surface area contributed by atoms with E-state index >= 15 is 0 Å². The summed E-state index contributed by atoms with van der Waals surface area (Å²) in [7, 11) is 0. The van der Waals surface area contributed by atoms with Crippen LogP contribution in [-0.4, -0.2) is 30.1 Å². The molecule has 1 aliphatic rings. The molecular formula is C14H19Cl2N3O. The van der Waals surface area contributed by atoms with E-state index in [9.17, 15) is 4.79 Å². The Morgan fingerprint density at radius 2 is 2.05 bits per heavy atom. The minimum atomic E-state index is -0.450. The van der Waals surface area contributed by atoms with E-state index in [1.165, 1.54) is 0 Å². The highest BCUT2D eigenvalue weighted by Gasteiger charge is 2.25. The van der Waals surface area contributed by atoms with Crippen LogP contribution in [0.3, 0.4) is 0 Å². The number of carbonyl (C=O) groups is 1. The van der Waals surface area contributed by atoms with Gasteiger partial charge in [-0.3, -0.25) is 4.90 Å². The van der Waals surface area contributed by atoms with Crippen LogP contribution in [-0.2, 0) is 0 Å². The number of hydrogen-bond acceptors (Lipinski definition) is 2. The monoisotopic (exact) mass is 315 g/mol. The van der Waals surface area contributed by atoms with E-state index in [0.29, 0.717) is 5.02 Å². The molecule has 1 fully saturated rings. The third-order valence-corrected chi connectivity index (χ3v) is 4.41. The van der Waals surface area contributed by atoms with Crippen LogP contribution in [0.25, 0.3) is 0 Å². The number of hydrogen-bond donors (Lipinski definition) is 2. The van der Waals surface area contributed by atoms with Gasteiger partial charge in [0.1, 0.15) is 0 Å². The maximum Gasteiger partial charge on any atom is 0.312 e. The van der Waals surface area contributed by atoms with Crippen molar-refractivity contribution in [3.05, 3.63) is 33.8 Å². The predicted octanol–water partition coefficient (Wildman–Crippen LogP) is 3.19. The van der Waals surface area contributed by atoms with Crippen LogP contribution in [0.15, 0.2) is 18.2 Å². The van der Waals surface area contributed by atoms with Crippen molar-refractivity contribution < 1.29 is 4.79 Å². The molecular weight excluding hydrogens is 297 g/mol. The number of urea groups is 1. The quantitative estimate of drug-likeness (QED) is 0.900. The Balaban J connectivity index is 1.99. The number of amides is 2. The molecule has 1 aromatic carbocycles. The number of likely N-dealkylation sites (tertiary alicyclic amines) is 1. The van der Waals surface area contributed by atoms with E-state index in [0.717, 1.165) is 36.5 Å². The van der Waals surface area contributed by atoms with Crippen LogP contribution in [0, 0.1) is 0 Å². The molecule has 20 heavy (non-hydrogen) atoms. The molecule has 1 aliphatic heterocycles. The van der Waals surface area contributed by atoms with Gasteiger partial charge in [-0.2, -0.15) is 0 Å². The molecule has 1 saturated heterocycles. The van der Waals surface area contributed by atoms with Crippen LogP contribution >= 0.6 is 23.2 Å². The number of halogens is 2. The summed E-state index contributed by atoms with van der Waals surface area (Å²) >= 11 is 12.3. The van der Waals surface area contributed by atoms with Crippen molar-refractivity contribution in [2.24, 2.45) is 5.73 Å². The minimum Gasteiger partial charge on any atom is -0.352 e. The second kappa shape index (κ2) is 6.66. The summed E-state index contributed by atoms with van der Waals surface area (Å²) in [5.41, 5.74) is 6.19. The molecule has 2 amide bonds. The van der Waals surface area contributed by atoms with E-state index < -0.39 is 6.03 Å². The molecule has 0 saturated carbocycles. The predicted molar refractivity (Wildman–Crippen MR) is 82.2 cm³/mol. The Morgan fingerprint density at radius 1 is 1.40 bits per heavy atom. The lowest BCUT2D eigenvalue weighted by molar-refractivity contribution is 0.154. The van der Waals surface area contributed by atoms with Crippen molar-refractivity contribution in [3.63, 3.8) is 0 Å². The summed E-state index contributed by atoms with van der Waals surface area (Å²) in [5, 5.41) is 4.20. The largest absolute Gasteiger partial charge is 0.352 e. The van der Waals surface area contributed by atoms with Crippen molar-refractivity contribution >= 4 is 29.2 Å². The maximum absolute atomic E-state index is 10.9. The van der Waals surface area contributed by atoms with Gasteiger partial charge >= 0.3 is 6.03 Å². The molecule has 0 aliphatic carbocycles. The van der Waals surface area contributed by atoms with Crippen molar-refractivity contribution in [1.82, 2.24) is 10.2 Å². The van der Waals surface area contributed by atoms with Crippen LogP contribution in [0.4, 0.5) is 4.79 Å². The molecule has 0 radical (unpaired) electrons. The van der Waals surface area contributed by atoms with Gasteiger partial charge in [-0.15, -0.1) is 0 Å². The first-order chi connectivity index (χ1) is 9.47. The number of nitrogens with zero attached hydrogens (tertiary/aromatic N) is 1. The number of benzene rings is 1. The highest BCUT2D eigenvalue weighted by Crippen LogP contribution is 2.31. The molecule has 1 atom stereocenters. The second-order valence-electron chi connectivity index (χ2n) is 5.16. The third-order valence-electron chi connectivity index (χ3n) is 3.83. The van der Waals surface area contributed by atoms with Gasteiger partial charge in [0, 0.05) is 35.2 Å². The molecule has 0 bridgehead atoms. The summed E-state index contributed by atoms with van der Waals surface area (Å²) < 4.78 is 0. The number of carbonyl (C=O) groups excluding carboxylic acids is 1. The molecule has 1 aromatic rings.